The SMILES string of the molecule is C.CCC(=O)N[C@@H](CC)C(=O)O[C@@H](C)C(=O)N[C@@H](CO)C(=O)N[C@H](CCCCN)C(C)=O.P.[NH2-]. The number of amides is 3. The van der Waals surface area contributed by atoms with Gasteiger partial charge in [0.2, 0.25) is 11.8 Å². The number of esters is 1. The lowest BCUT2D eigenvalue weighted by Gasteiger charge is -2.23. The van der Waals surface area contributed by atoms with Crippen LogP contribution in [0.15, 0.2) is 0 Å². The molecular weight excluding hydrogens is 465 g/mol. The number of hydrogen-bond acceptors (Lipinski definition) is 8. The molecule has 0 saturated heterocycles. The maximum absolute atomic E-state index is 12.4. The van der Waals surface area contributed by atoms with Crippen LogP contribution in [0.2, 0.25) is 0 Å². The number of carbonyl (C=O) groups excluding carboxylic acids is 5. The summed E-state index contributed by atoms with van der Waals surface area (Å²) in [6, 6.07) is -2.98. The summed E-state index contributed by atoms with van der Waals surface area (Å²) < 4.78 is 5.08. The highest BCUT2D eigenvalue weighted by Gasteiger charge is 2.29. The standard InChI is InChI=1S/C20H36N4O7.CH4.H2N.H3P/c1-5-14(22-17(27)6-2)20(30)31-13(4)18(28)24-16(11-25)19(29)23-15(12(3)26)9-7-8-10-21;;;/h13-16,25H,5-11,21H2,1-4H3,(H,22,27)(H,23,29)(H,24,28);1H4;1H2;1H3/q;;-1;/t13-,14-,15+,16-;;;/m0.../s1. The summed E-state index contributed by atoms with van der Waals surface area (Å²) in [4.78, 5) is 60.1. The molecule has 5 atom stereocenters. The lowest BCUT2D eigenvalue weighted by molar-refractivity contribution is -0.158. The molecule has 0 aromatic carbocycles. The molecule has 34 heavy (non-hydrogen) atoms. The molecule has 0 aliphatic carbocycles. The van der Waals surface area contributed by atoms with Gasteiger partial charge in [0.15, 0.2) is 11.9 Å². The van der Waals surface area contributed by atoms with Crippen molar-refractivity contribution in [3.8, 4) is 0 Å². The first-order chi connectivity index (χ1) is 14.6. The van der Waals surface area contributed by atoms with Crippen LogP contribution < -0.4 is 21.7 Å². The molecule has 3 amide bonds. The highest BCUT2D eigenvalue weighted by atomic mass is 31.0. The van der Waals surface area contributed by atoms with Gasteiger partial charge >= 0.3 is 5.97 Å². The third-order valence-corrected chi connectivity index (χ3v) is 4.58. The molecule has 0 saturated carbocycles. The van der Waals surface area contributed by atoms with Gasteiger partial charge in [-0.1, -0.05) is 21.3 Å². The van der Waals surface area contributed by atoms with Gasteiger partial charge in [-0.05, 0) is 46.1 Å². The van der Waals surface area contributed by atoms with Crippen LogP contribution in [0.1, 0.15) is 67.2 Å². The second-order valence-electron chi connectivity index (χ2n) is 7.16. The van der Waals surface area contributed by atoms with E-state index in [-0.39, 0.29) is 48.0 Å². The average molecular weight is 511 g/mol. The van der Waals surface area contributed by atoms with E-state index in [4.69, 9.17) is 10.5 Å². The average Bonchev–Trinajstić information content (AvgIpc) is 2.74. The Morgan fingerprint density at radius 2 is 1.50 bits per heavy atom. The van der Waals surface area contributed by atoms with E-state index >= 15 is 0 Å². The van der Waals surface area contributed by atoms with Crippen molar-refractivity contribution >= 4 is 39.4 Å². The van der Waals surface area contributed by atoms with Gasteiger partial charge in [-0.25, -0.2) is 4.79 Å². The highest BCUT2D eigenvalue weighted by Crippen LogP contribution is 2.04. The molecule has 8 N–H and O–H groups in total. The molecule has 202 valence electrons. The summed E-state index contributed by atoms with van der Waals surface area (Å²) >= 11 is 0. The highest BCUT2D eigenvalue weighted by molar-refractivity contribution is 6.92. The normalized spacial score (nSPS) is 13.2. The van der Waals surface area contributed by atoms with Crippen molar-refractivity contribution in [3.63, 3.8) is 0 Å². The Morgan fingerprint density at radius 1 is 0.941 bits per heavy atom. The Balaban J connectivity index is -0.00000150. The van der Waals surface area contributed by atoms with Crippen LogP contribution in [0.5, 0.6) is 0 Å². The van der Waals surface area contributed by atoms with E-state index in [0.29, 0.717) is 25.8 Å². The molecule has 0 spiro atoms. The number of rotatable bonds is 15. The summed E-state index contributed by atoms with van der Waals surface area (Å²) in [5.74, 6) is -2.90. The number of aliphatic hydroxyl groups excluding tert-OH is 1. The minimum atomic E-state index is -1.33. The third kappa shape index (κ3) is 14.9. The Hall–Kier alpha value is -2.14. The molecule has 0 aromatic heterocycles. The van der Waals surface area contributed by atoms with Crippen molar-refractivity contribution < 1.29 is 33.8 Å². The Morgan fingerprint density at radius 3 is 1.94 bits per heavy atom. The van der Waals surface area contributed by atoms with E-state index in [9.17, 15) is 29.1 Å². The van der Waals surface area contributed by atoms with Crippen LogP contribution in [-0.4, -0.2) is 72.0 Å². The van der Waals surface area contributed by atoms with Gasteiger partial charge in [0.05, 0.1) is 12.6 Å². The molecule has 0 heterocycles. The predicted molar refractivity (Wildman–Crippen MR) is 136 cm³/mol. The number of carbonyl (C=O) groups is 5. The molecule has 0 aliphatic heterocycles. The maximum Gasteiger partial charge on any atom is 0.329 e. The zero-order valence-electron chi connectivity index (χ0n) is 20.0. The summed E-state index contributed by atoms with van der Waals surface area (Å²) in [7, 11) is 0. The first-order valence-electron chi connectivity index (χ1n) is 10.5. The van der Waals surface area contributed by atoms with Gasteiger partial charge in [0.25, 0.3) is 5.91 Å². The van der Waals surface area contributed by atoms with E-state index < -0.39 is 48.6 Å². The van der Waals surface area contributed by atoms with E-state index in [1.807, 2.05) is 0 Å². The lowest BCUT2D eigenvalue weighted by atomic mass is 10.1. The van der Waals surface area contributed by atoms with Crippen molar-refractivity contribution in [1.29, 1.82) is 0 Å². The fraction of sp³-hybridized carbons (Fsp3) is 0.762. The molecule has 12 nitrogen and oxygen atoms in total. The second kappa shape index (κ2) is 21.4. The van der Waals surface area contributed by atoms with Crippen LogP contribution in [-0.2, 0) is 28.7 Å². The summed E-state index contributed by atoms with van der Waals surface area (Å²) in [6.45, 7) is 5.71. The molecule has 0 fully saturated rings. The maximum atomic E-state index is 12.4. The van der Waals surface area contributed by atoms with Crippen molar-refractivity contribution in [2.75, 3.05) is 13.2 Å². The minimum absolute atomic E-state index is 0. The number of aliphatic hydroxyl groups is 1. The van der Waals surface area contributed by atoms with E-state index in [2.05, 4.69) is 16.0 Å². The van der Waals surface area contributed by atoms with Gasteiger partial charge in [0.1, 0.15) is 12.1 Å². The number of ketones is 1. The number of unbranched alkanes of at least 4 members (excludes halogenated alkanes) is 1. The first-order valence-corrected chi connectivity index (χ1v) is 10.5. The molecule has 0 bridgehead atoms. The molecule has 0 aromatic rings. The molecule has 13 heteroatoms. The van der Waals surface area contributed by atoms with Crippen molar-refractivity contribution in [2.24, 2.45) is 5.73 Å². The molecule has 0 radical (unpaired) electrons. The lowest BCUT2D eigenvalue weighted by Crippen LogP contribution is -2.55. The van der Waals surface area contributed by atoms with Crippen LogP contribution in [0, 0.1) is 0 Å². The smallest absolute Gasteiger partial charge is 0.329 e. The summed E-state index contributed by atoms with van der Waals surface area (Å²) in [5, 5.41) is 16.8. The van der Waals surface area contributed by atoms with Crippen LogP contribution in [0.25, 0.3) is 6.15 Å². The number of nitrogens with one attached hydrogen (secondary N) is 3. The van der Waals surface area contributed by atoms with E-state index in [1.165, 1.54) is 13.8 Å². The number of hydrogen-bond donors (Lipinski definition) is 5. The van der Waals surface area contributed by atoms with Gasteiger partial charge in [0, 0.05) is 6.42 Å². The van der Waals surface area contributed by atoms with Gasteiger partial charge < -0.3 is 37.7 Å². The largest absolute Gasteiger partial charge is 0.693 e. The van der Waals surface area contributed by atoms with Crippen LogP contribution in [0.3, 0.4) is 0 Å². The van der Waals surface area contributed by atoms with Crippen molar-refractivity contribution in [3.05, 3.63) is 6.15 Å². The third-order valence-electron chi connectivity index (χ3n) is 4.58. The number of nitrogens with two attached hydrogens (primary N) is 2. The Labute approximate surface area is 206 Å². The summed E-state index contributed by atoms with van der Waals surface area (Å²) in [5.41, 5.74) is 5.43. The zero-order chi connectivity index (χ0) is 24.0. The van der Waals surface area contributed by atoms with Crippen LogP contribution >= 0.6 is 9.90 Å². The topological polar surface area (TPSA) is 210 Å². The van der Waals surface area contributed by atoms with Gasteiger partial charge in [-0.15, -0.1) is 0 Å². The fourth-order valence-corrected chi connectivity index (χ4v) is 2.56. The second-order valence-corrected chi connectivity index (χ2v) is 7.16. The Bertz CT molecular complexity index is 637. The fourth-order valence-electron chi connectivity index (χ4n) is 2.56. The molecule has 0 aliphatic rings. The monoisotopic (exact) mass is 510 g/mol. The zero-order valence-corrected chi connectivity index (χ0v) is 21.4. The molecule has 0 rings (SSSR count). The van der Waals surface area contributed by atoms with Crippen LogP contribution in [0.4, 0.5) is 0 Å². The quantitative estimate of drug-likeness (QED) is 0.117. The molecule has 1 unspecified atom stereocenters. The summed E-state index contributed by atoms with van der Waals surface area (Å²) in [6.07, 6.45) is 0.922. The number of ether oxygens (including phenoxy) is 1. The predicted octanol–water partition coefficient (Wildman–Crippen LogP) is 0.314. The van der Waals surface area contributed by atoms with E-state index in [0.717, 1.165) is 0 Å². The van der Waals surface area contributed by atoms with Gasteiger partial charge in [-0.3, -0.25) is 19.2 Å². The van der Waals surface area contributed by atoms with E-state index in [1.54, 1.807) is 13.8 Å². The van der Waals surface area contributed by atoms with Crippen molar-refractivity contribution in [1.82, 2.24) is 16.0 Å². The first kappa shape index (κ1) is 39.1. The Kier molecular flexibility index (Phi) is 24.6. The number of Topliss-reactive ketones (excluding diaryl/α,β-unsaturated/α-hetero) is 1. The van der Waals surface area contributed by atoms with Crippen molar-refractivity contribution in [2.45, 2.75) is 91.5 Å². The minimum Gasteiger partial charge on any atom is -0.693 e. The van der Waals surface area contributed by atoms with Gasteiger partial charge in [-0.2, -0.15) is 9.90 Å². The molecular formula is C21H45N5O7P-.